The largest absolute Gasteiger partial charge is 0.313 e. The van der Waals surface area contributed by atoms with Gasteiger partial charge in [-0.3, -0.25) is 4.79 Å². The summed E-state index contributed by atoms with van der Waals surface area (Å²) in [7, 11) is 0. The van der Waals surface area contributed by atoms with Crippen LogP contribution in [0.5, 0.6) is 0 Å². The number of carbonyl (C=O) groups is 1. The number of halogens is 1. The predicted octanol–water partition coefficient (Wildman–Crippen LogP) is 1.81. The van der Waals surface area contributed by atoms with E-state index in [0.29, 0.717) is 18.6 Å². The van der Waals surface area contributed by atoms with Gasteiger partial charge in [0, 0.05) is 6.54 Å². The lowest BCUT2D eigenvalue weighted by molar-refractivity contribution is -0.107. The zero-order valence-corrected chi connectivity index (χ0v) is 6.83. The maximum absolute atomic E-state index is 13.0. The molecule has 0 atom stereocenters. The molecule has 0 spiro atoms. The zero-order valence-electron chi connectivity index (χ0n) is 6.83. The first-order valence-corrected chi connectivity index (χ1v) is 3.76. The third-order valence-electron chi connectivity index (χ3n) is 1.63. The smallest absolute Gasteiger partial charge is 0.214 e. The minimum Gasteiger partial charge on any atom is -0.313 e. The van der Waals surface area contributed by atoms with E-state index in [9.17, 15) is 9.18 Å². The molecule has 0 N–H and O–H groups in total. The second-order valence-corrected chi connectivity index (χ2v) is 2.34. The number of carbonyl (C=O) groups excluding carboxylic acids is 1. The summed E-state index contributed by atoms with van der Waals surface area (Å²) in [4.78, 5) is 11.8. The van der Waals surface area contributed by atoms with E-state index in [0.717, 1.165) is 0 Å². The first-order valence-electron chi connectivity index (χ1n) is 3.76. The number of anilines is 1. The fourth-order valence-corrected chi connectivity index (χ4v) is 0.986. The fraction of sp³-hybridized carbons (Fsp3) is 0.222. The zero-order chi connectivity index (χ0) is 8.97. The average Bonchev–Trinajstić information content (AvgIpc) is 2.10. The number of para-hydroxylation sites is 1. The van der Waals surface area contributed by atoms with Crippen LogP contribution in [0.25, 0.3) is 0 Å². The van der Waals surface area contributed by atoms with Gasteiger partial charge in [0.25, 0.3) is 0 Å². The Hall–Kier alpha value is -1.38. The normalized spacial score (nSPS) is 9.50. The highest BCUT2D eigenvalue weighted by Crippen LogP contribution is 2.16. The average molecular weight is 167 g/mol. The Kier molecular flexibility index (Phi) is 2.80. The summed E-state index contributed by atoms with van der Waals surface area (Å²) in [5, 5.41) is 0. The molecular formula is C9H10FNO. The van der Waals surface area contributed by atoms with Gasteiger partial charge in [-0.1, -0.05) is 12.1 Å². The van der Waals surface area contributed by atoms with Crippen molar-refractivity contribution in [2.75, 3.05) is 11.4 Å². The summed E-state index contributed by atoms with van der Waals surface area (Å²) in [6, 6.07) is 6.21. The standard InChI is InChI=1S/C9H10FNO/c1-2-11(7-12)9-6-4-3-5-8(9)10/h3-7H,2H2,1H3. The van der Waals surface area contributed by atoms with E-state index in [1.165, 1.54) is 11.0 Å². The van der Waals surface area contributed by atoms with Gasteiger partial charge in [-0.15, -0.1) is 0 Å². The van der Waals surface area contributed by atoms with E-state index < -0.39 is 0 Å². The topological polar surface area (TPSA) is 20.3 Å². The van der Waals surface area contributed by atoms with Crippen molar-refractivity contribution >= 4 is 12.1 Å². The van der Waals surface area contributed by atoms with Crippen molar-refractivity contribution in [2.45, 2.75) is 6.92 Å². The molecule has 1 aromatic carbocycles. The van der Waals surface area contributed by atoms with E-state index in [-0.39, 0.29) is 5.82 Å². The highest BCUT2D eigenvalue weighted by Gasteiger charge is 2.06. The molecule has 1 amide bonds. The third-order valence-corrected chi connectivity index (χ3v) is 1.63. The van der Waals surface area contributed by atoms with Crippen LogP contribution in [0.2, 0.25) is 0 Å². The van der Waals surface area contributed by atoms with Gasteiger partial charge in [0.15, 0.2) is 0 Å². The van der Waals surface area contributed by atoms with Crippen molar-refractivity contribution in [1.82, 2.24) is 0 Å². The molecule has 12 heavy (non-hydrogen) atoms. The van der Waals surface area contributed by atoms with Crippen LogP contribution in [0.4, 0.5) is 10.1 Å². The van der Waals surface area contributed by atoms with Gasteiger partial charge < -0.3 is 4.90 Å². The quantitative estimate of drug-likeness (QED) is 0.629. The maximum atomic E-state index is 13.0. The summed E-state index contributed by atoms with van der Waals surface area (Å²) in [6.45, 7) is 2.27. The molecule has 0 aliphatic heterocycles. The van der Waals surface area contributed by atoms with Gasteiger partial charge in [-0.25, -0.2) is 4.39 Å². The number of hydrogen-bond acceptors (Lipinski definition) is 1. The SMILES string of the molecule is CCN(C=O)c1ccccc1F. The lowest BCUT2D eigenvalue weighted by Crippen LogP contribution is -2.21. The van der Waals surface area contributed by atoms with Crippen LogP contribution >= 0.6 is 0 Å². The van der Waals surface area contributed by atoms with Crippen LogP contribution in [-0.2, 0) is 4.79 Å². The van der Waals surface area contributed by atoms with E-state index >= 15 is 0 Å². The van der Waals surface area contributed by atoms with Crippen LogP contribution in [0, 0.1) is 5.82 Å². The van der Waals surface area contributed by atoms with Gasteiger partial charge in [0.1, 0.15) is 5.82 Å². The maximum Gasteiger partial charge on any atom is 0.214 e. The van der Waals surface area contributed by atoms with E-state index in [1.807, 2.05) is 0 Å². The molecule has 0 aromatic heterocycles. The molecule has 1 rings (SSSR count). The van der Waals surface area contributed by atoms with Crippen LogP contribution in [-0.4, -0.2) is 13.0 Å². The predicted molar refractivity (Wildman–Crippen MR) is 45.5 cm³/mol. The molecule has 3 heteroatoms. The van der Waals surface area contributed by atoms with Crippen molar-refractivity contribution in [3.8, 4) is 0 Å². The molecule has 0 saturated carbocycles. The fourth-order valence-electron chi connectivity index (χ4n) is 0.986. The van der Waals surface area contributed by atoms with Crippen molar-refractivity contribution in [1.29, 1.82) is 0 Å². The highest BCUT2D eigenvalue weighted by atomic mass is 19.1. The first-order chi connectivity index (χ1) is 5.79. The Morgan fingerprint density at radius 3 is 2.67 bits per heavy atom. The molecule has 64 valence electrons. The third kappa shape index (κ3) is 1.61. The highest BCUT2D eigenvalue weighted by molar-refractivity contribution is 5.75. The van der Waals surface area contributed by atoms with Crippen molar-refractivity contribution in [3.63, 3.8) is 0 Å². The van der Waals surface area contributed by atoms with Crippen molar-refractivity contribution in [3.05, 3.63) is 30.1 Å². The molecule has 0 saturated heterocycles. The molecule has 0 heterocycles. The van der Waals surface area contributed by atoms with Gasteiger partial charge in [-0.2, -0.15) is 0 Å². The first kappa shape index (κ1) is 8.71. The van der Waals surface area contributed by atoms with E-state index in [4.69, 9.17) is 0 Å². The number of benzene rings is 1. The van der Waals surface area contributed by atoms with Gasteiger partial charge in [0.2, 0.25) is 6.41 Å². The Morgan fingerprint density at radius 2 is 2.17 bits per heavy atom. The van der Waals surface area contributed by atoms with Crippen LogP contribution in [0.3, 0.4) is 0 Å². The second kappa shape index (κ2) is 3.85. The van der Waals surface area contributed by atoms with Crippen molar-refractivity contribution < 1.29 is 9.18 Å². The molecule has 2 nitrogen and oxygen atoms in total. The van der Waals surface area contributed by atoms with Crippen LogP contribution < -0.4 is 4.90 Å². The number of hydrogen-bond donors (Lipinski definition) is 0. The minimum atomic E-state index is -0.369. The lowest BCUT2D eigenvalue weighted by atomic mass is 10.3. The number of amides is 1. The Bertz CT molecular complexity index is 275. The minimum absolute atomic E-state index is 0.329. The molecule has 0 aliphatic rings. The number of nitrogens with zero attached hydrogens (tertiary/aromatic N) is 1. The lowest BCUT2D eigenvalue weighted by Gasteiger charge is -2.14. The monoisotopic (exact) mass is 167 g/mol. The molecule has 0 radical (unpaired) electrons. The summed E-state index contributed by atoms with van der Waals surface area (Å²) < 4.78 is 13.0. The molecular weight excluding hydrogens is 157 g/mol. The number of rotatable bonds is 3. The summed E-state index contributed by atoms with van der Waals surface area (Å²) in [5.74, 6) is -0.369. The molecule has 0 fully saturated rings. The van der Waals surface area contributed by atoms with E-state index in [2.05, 4.69) is 0 Å². The molecule has 0 bridgehead atoms. The van der Waals surface area contributed by atoms with Gasteiger partial charge in [-0.05, 0) is 19.1 Å². The Labute approximate surface area is 70.6 Å². The van der Waals surface area contributed by atoms with Gasteiger partial charge >= 0.3 is 0 Å². The molecule has 1 aromatic rings. The van der Waals surface area contributed by atoms with Gasteiger partial charge in [0.05, 0.1) is 5.69 Å². The van der Waals surface area contributed by atoms with Crippen LogP contribution in [0.15, 0.2) is 24.3 Å². The molecule has 0 aliphatic carbocycles. The summed E-state index contributed by atoms with van der Waals surface area (Å²) in [6.07, 6.45) is 0.623. The Morgan fingerprint density at radius 1 is 1.50 bits per heavy atom. The van der Waals surface area contributed by atoms with Crippen LogP contribution in [0.1, 0.15) is 6.92 Å². The second-order valence-electron chi connectivity index (χ2n) is 2.34. The molecule has 0 unspecified atom stereocenters. The summed E-state index contributed by atoms with van der Waals surface area (Å²) in [5.41, 5.74) is 0.329. The van der Waals surface area contributed by atoms with E-state index in [1.54, 1.807) is 25.1 Å². The Balaban J connectivity index is 3.00. The van der Waals surface area contributed by atoms with Crippen molar-refractivity contribution in [2.24, 2.45) is 0 Å². The summed E-state index contributed by atoms with van der Waals surface area (Å²) >= 11 is 0.